The van der Waals surface area contributed by atoms with Crippen LogP contribution in [0.4, 0.5) is 5.69 Å². The van der Waals surface area contributed by atoms with E-state index in [1.807, 2.05) is 66.1 Å². The molecule has 3 N–H and O–H groups in total. The van der Waals surface area contributed by atoms with Crippen LogP contribution in [0.2, 0.25) is 0 Å². The molecule has 0 aliphatic heterocycles. The van der Waals surface area contributed by atoms with Gasteiger partial charge in [0.05, 0.1) is 25.1 Å². The molecule has 0 unspecified atom stereocenters. The third kappa shape index (κ3) is 6.53. The summed E-state index contributed by atoms with van der Waals surface area (Å²) in [5, 5.41) is 26.6. The van der Waals surface area contributed by atoms with Gasteiger partial charge in [-0.1, -0.05) is 64.1 Å². The number of nitrogens with zero attached hydrogens (tertiary/aromatic N) is 4. The number of benzene rings is 3. The highest BCUT2D eigenvalue weighted by Gasteiger charge is 2.21. The zero-order valence-corrected chi connectivity index (χ0v) is 23.5. The molecule has 1 amide bonds. The molecule has 38 heavy (non-hydrogen) atoms. The Hall–Kier alpha value is -3.83. The monoisotopic (exact) mass is 594 g/mol. The van der Waals surface area contributed by atoms with Crippen LogP contribution < -0.4 is 15.5 Å². The number of carbonyl (C=O) groups is 1. The maximum Gasteiger partial charge on any atom is 0.253 e. The number of aryl methyl sites for hydroxylation is 1. The average Bonchev–Trinajstić information content (AvgIpc) is 3.32. The molecule has 196 valence electrons. The first-order valence-corrected chi connectivity index (χ1v) is 13.4. The fourth-order valence-electron chi connectivity index (χ4n) is 3.59. The zero-order chi connectivity index (χ0) is 27.1. The summed E-state index contributed by atoms with van der Waals surface area (Å²) in [6, 6.07) is 21.1. The van der Waals surface area contributed by atoms with Crippen LogP contribution in [-0.2, 0) is 11.3 Å². The summed E-state index contributed by atoms with van der Waals surface area (Å²) in [5.74, 6) is 0.615. The summed E-state index contributed by atoms with van der Waals surface area (Å²) in [5.41, 5.74) is 5.97. The van der Waals surface area contributed by atoms with E-state index in [2.05, 4.69) is 42.0 Å². The number of thioether (sulfide) groups is 1. The van der Waals surface area contributed by atoms with E-state index in [1.54, 1.807) is 19.1 Å². The first-order valence-electron chi connectivity index (χ1n) is 11.7. The SMILES string of the molecule is COc1cc(Br)cc(/C=N\NC(=O)[C@H](C)Sc2nnc(CNc3ccccc3C)n2-c2ccccc2)c1O. The summed E-state index contributed by atoms with van der Waals surface area (Å²) in [4.78, 5) is 12.8. The number of aromatic hydroxyl groups is 1. The Morgan fingerprint density at radius 3 is 2.66 bits per heavy atom. The van der Waals surface area contributed by atoms with Gasteiger partial charge in [-0.3, -0.25) is 9.36 Å². The van der Waals surface area contributed by atoms with E-state index in [4.69, 9.17) is 4.74 Å². The predicted octanol–water partition coefficient (Wildman–Crippen LogP) is 5.30. The number of phenolic OH excluding ortho intramolecular Hbond substituents is 1. The maximum absolute atomic E-state index is 12.8. The van der Waals surface area contributed by atoms with Gasteiger partial charge in [-0.2, -0.15) is 5.10 Å². The van der Waals surface area contributed by atoms with Gasteiger partial charge >= 0.3 is 0 Å². The van der Waals surface area contributed by atoms with Crippen LogP contribution in [0, 0.1) is 6.92 Å². The van der Waals surface area contributed by atoms with Crippen LogP contribution in [0.3, 0.4) is 0 Å². The molecular weight excluding hydrogens is 568 g/mol. The molecule has 0 saturated carbocycles. The van der Waals surface area contributed by atoms with E-state index in [0.29, 0.717) is 33.3 Å². The molecule has 4 aromatic rings. The van der Waals surface area contributed by atoms with Gasteiger partial charge in [0.25, 0.3) is 5.91 Å². The number of hydrazone groups is 1. The summed E-state index contributed by atoms with van der Waals surface area (Å²) < 4.78 is 7.79. The Morgan fingerprint density at radius 2 is 1.92 bits per heavy atom. The molecule has 0 spiro atoms. The van der Waals surface area contributed by atoms with Gasteiger partial charge in [0.2, 0.25) is 0 Å². The van der Waals surface area contributed by atoms with E-state index < -0.39 is 5.25 Å². The third-order valence-electron chi connectivity index (χ3n) is 5.62. The number of hydrogen-bond acceptors (Lipinski definition) is 8. The van der Waals surface area contributed by atoms with Gasteiger partial charge < -0.3 is 15.2 Å². The predicted molar refractivity (Wildman–Crippen MR) is 153 cm³/mol. The van der Waals surface area contributed by atoms with Gasteiger partial charge in [0, 0.05) is 21.4 Å². The fraction of sp³-hybridized carbons (Fsp3) is 0.185. The summed E-state index contributed by atoms with van der Waals surface area (Å²) in [7, 11) is 1.46. The molecule has 4 rings (SSSR count). The van der Waals surface area contributed by atoms with Crippen LogP contribution in [0.25, 0.3) is 5.69 Å². The first-order chi connectivity index (χ1) is 18.4. The number of anilines is 1. The quantitative estimate of drug-likeness (QED) is 0.130. The van der Waals surface area contributed by atoms with Crippen molar-refractivity contribution >= 4 is 45.5 Å². The number of nitrogens with one attached hydrogen (secondary N) is 2. The number of amides is 1. The van der Waals surface area contributed by atoms with Gasteiger partial charge in [-0.25, -0.2) is 5.43 Å². The molecule has 0 radical (unpaired) electrons. The highest BCUT2D eigenvalue weighted by Crippen LogP contribution is 2.32. The number of rotatable bonds is 10. The summed E-state index contributed by atoms with van der Waals surface area (Å²) >= 11 is 4.64. The third-order valence-corrected chi connectivity index (χ3v) is 7.12. The Balaban J connectivity index is 1.48. The Bertz CT molecular complexity index is 1440. The lowest BCUT2D eigenvalue weighted by molar-refractivity contribution is -0.120. The van der Waals surface area contributed by atoms with Crippen LogP contribution in [0.15, 0.2) is 81.5 Å². The molecule has 1 atom stereocenters. The van der Waals surface area contributed by atoms with Crippen molar-refractivity contribution in [3.63, 3.8) is 0 Å². The van der Waals surface area contributed by atoms with Crippen molar-refractivity contribution in [2.75, 3.05) is 12.4 Å². The van der Waals surface area contributed by atoms with Crippen LogP contribution >= 0.6 is 27.7 Å². The van der Waals surface area contributed by atoms with Gasteiger partial charge in [-0.05, 0) is 49.7 Å². The lowest BCUT2D eigenvalue weighted by Gasteiger charge is -2.14. The van der Waals surface area contributed by atoms with Crippen molar-refractivity contribution in [3.05, 3.63) is 88.2 Å². The fourth-order valence-corrected chi connectivity index (χ4v) is 4.92. The lowest BCUT2D eigenvalue weighted by atomic mass is 10.2. The second kappa shape index (κ2) is 12.6. The highest BCUT2D eigenvalue weighted by atomic mass is 79.9. The lowest BCUT2D eigenvalue weighted by Crippen LogP contribution is -2.27. The Kier molecular flexibility index (Phi) is 9.03. The highest BCUT2D eigenvalue weighted by molar-refractivity contribution is 9.10. The largest absolute Gasteiger partial charge is 0.504 e. The summed E-state index contributed by atoms with van der Waals surface area (Å²) in [6.45, 7) is 4.27. The van der Waals surface area contributed by atoms with E-state index in [-0.39, 0.29) is 11.7 Å². The minimum atomic E-state index is -0.526. The number of ether oxygens (including phenoxy) is 1. The van der Waals surface area contributed by atoms with Gasteiger partial charge in [0.15, 0.2) is 22.5 Å². The molecule has 0 bridgehead atoms. The average molecular weight is 596 g/mol. The molecular formula is C27H27BrN6O3S. The van der Waals surface area contributed by atoms with E-state index in [0.717, 1.165) is 16.9 Å². The summed E-state index contributed by atoms with van der Waals surface area (Å²) in [6.07, 6.45) is 1.36. The van der Waals surface area contributed by atoms with Crippen molar-refractivity contribution in [1.29, 1.82) is 0 Å². The van der Waals surface area contributed by atoms with Gasteiger partial charge in [-0.15, -0.1) is 10.2 Å². The Labute approximate surface area is 233 Å². The molecule has 3 aromatic carbocycles. The van der Waals surface area contributed by atoms with Crippen LogP contribution in [0.5, 0.6) is 11.5 Å². The van der Waals surface area contributed by atoms with Crippen molar-refractivity contribution in [2.45, 2.75) is 30.8 Å². The molecule has 0 aliphatic carbocycles. The van der Waals surface area contributed by atoms with Gasteiger partial charge in [0.1, 0.15) is 0 Å². The normalized spacial score (nSPS) is 11.9. The minimum Gasteiger partial charge on any atom is -0.504 e. The van der Waals surface area contributed by atoms with Crippen molar-refractivity contribution in [2.24, 2.45) is 5.10 Å². The van der Waals surface area contributed by atoms with Crippen molar-refractivity contribution in [1.82, 2.24) is 20.2 Å². The second-order valence-corrected chi connectivity index (χ2v) is 10.5. The van der Waals surface area contributed by atoms with Crippen molar-refractivity contribution < 1.29 is 14.6 Å². The second-order valence-electron chi connectivity index (χ2n) is 8.28. The van der Waals surface area contributed by atoms with Crippen LogP contribution in [0.1, 0.15) is 23.9 Å². The molecule has 1 heterocycles. The molecule has 11 heteroatoms. The number of carbonyl (C=O) groups excluding carboxylic acids is 1. The maximum atomic E-state index is 12.8. The number of methoxy groups -OCH3 is 1. The molecule has 0 fully saturated rings. The van der Waals surface area contributed by atoms with E-state index in [9.17, 15) is 9.90 Å². The number of phenols is 1. The standard InChI is InChI=1S/C27H27BrN6O3S/c1-17-9-7-8-12-22(17)29-16-24-31-33-27(34(24)21-10-5-4-6-11-21)38-18(2)26(36)32-30-15-19-13-20(28)14-23(37-3)25(19)35/h4-15,18,29,35H,16H2,1-3H3,(H,32,36)/b30-15-/t18-/m0/s1. The number of aromatic nitrogens is 3. The smallest absolute Gasteiger partial charge is 0.253 e. The molecule has 1 aromatic heterocycles. The molecule has 0 saturated heterocycles. The van der Waals surface area contributed by atoms with E-state index in [1.165, 1.54) is 25.1 Å². The molecule has 9 nitrogen and oxygen atoms in total. The first kappa shape index (κ1) is 27.2. The number of halogens is 1. The van der Waals surface area contributed by atoms with Crippen LogP contribution in [-0.4, -0.2) is 44.4 Å². The van der Waals surface area contributed by atoms with Crippen molar-refractivity contribution in [3.8, 4) is 17.2 Å². The molecule has 0 aliphatic rings. The topological polar surface area (TPSA) is 114 Å². The zero-order valence-electron chi connectivity index (χ0n) is 21.1. The number of hydrogen-bond donors (Lipinski definition) is 3. The number of para-hydroxylation sites is 2. The van der Waals surface area contributed by atoms with E-state index >= 15 is 0 Å². The Morgan fingerprint density at radius 1 is 1.18 bits per heavy atom. The minimum absolute atomic E-state index is 0.0704.